The number of sulfone groups is 1. The lowest BCUT2D eigenvalue weighted by Gasteiger charge is -2.06. The van der Waals surface area contributed by atoms with Gasteiger partial charge in [0, 0.05) is 11.6 Å². The van der Waals surface area contributed by atoms with Crippen molar-refractivity contribution in [3.8, 4) is 0 Å². The van der Waals surface area contributed by atoms with Crippen LogP contribution in [0.15, 0.2) is 93.4 Å². The lowest BCUT2D eigenvalue weighted by molar-refractivity contribution is 0.0991. The first kappa shape index (κ1) is 17.0. The highest BCUT2D eigenvalue weighted by Crippen LogP contribution is 2.25. The maximum Gasteiger partial charge on any atom is 0.291 e. The first-order chi connectivity index (χ1) is 13.1. The Morgan fingerprint density at radius 2 is 1.67 bits per heavy atom. The smallest absolute Gasteiger partial charge is 0.291 e. The highest BCUT2D eigenvalue weighted by molar-refractivity contribution is 7.91. The Labute approximate surface area is 155 Å². The number of benzene rings is 2. The van der Waals surface area contributed by atoms with Crippen molar-refractivity contribution < 1.29 is 17.6 Å². The molecule has 4 rings (SSSR count). The van der Waals surface area contributed by atoms with Crippen LogP contribution in [-0.4, -0.2) is 19.3 Å². The molecule has 6 nitrogen and oxygen atoms in total. The Hall–Kier alpha value is -3.45. The van der Waals surface area contributed by atoms with Crippen LogP contribution < -0.4 is 5.32 Å². The molecule has 0 unspecified atom stereocenters. The molecule has 2 heterocycles. The number of nitrogens with zero attached hydrogens (tertiary/aromatic N) is 1. The summed E-state index contributed by atoms with van der Waals surface area (Å²) in [6.45, 7) is 0. The number of carbonyl (C=O) groups is 1. The van der Waals surface area contributed by atoms with Gasteiger partial charge in [-0.2, -0.15) is 0 Å². The summed E-state index contributed by atoms with van der Waals surface area (Å²) in [5.74, 6) is -0.653. The van der Waals surface area contributed by atoms with Crippen LogP contribution >= 0.6 is 0 Å². The summed E-state index contributed by atoms with van der Waals surface area (Å²) in [7, 11) is -3.82. The van der Waals surface area contributed by atoms with E-state index in [-0.39, 0.29) is 15.7 Å². The Kier molecular flexibility index (Phi) is 4.21. The third-order valence-corrected chi connectivity index (χ3v) is 5.65. The van der Waals surface area contributed by atoms with Crippen molar-refractivity contribution in [2.75, 3.05) is 5.32 Å². The van der Waals surface area contributed by atoms with E-state index in [0.29, 0.717) is 11.2 Å². The Morgan fingerprint density at radius 3 is 2.48 bits per heavy atom. The molecular formula is C20H14N2O4S. The Morgan fingerprint density at radius 1 is 0.889 bits per heavy atom. The standard InChI is InChI=1S/C20H14N2O4S/c23-20(22-16-10-4-6-14-7-5-13-21-19(14)16)17-11-12-18(26-17)27(24,25)15-8-2-1-3-9-15/h1-13H,(H,22,23). The zero-order valence-corrected chi connectivity index (χ0v) is 14.8. The van der Waals surface area contributed by atoms with E-state index in [9.17, 15) is 13.2 Å². The molecule has 0 fully saturated rings. The third kappa shape index (κ3) is 3.20. The van der Waals surface area contributed by atoms with E-state index in [1.54, 1.807) is 42.6 Å². The van der Waals surface area contributed by atoms with Crippen molar-refractivity contribution in [2.45, 2.75) is 9.99 Å². The van der Waals surface area contributed by atoms with Crippen molar-refractivity contribution >= 4 is 32.3 Å². The Bertz CT molecular complexity index is 1230. The van der Waals surface area contributed by atoms with Crippen molar-refractivity contribution in [1.29, 1.82) is 0 Å². The summed E-state index contributed by atoms with van der Waals surface area (Å²) >= 11 is 0. The first-order valence-electron chi connectivity index (χ1n) is 8.11. The van der Waals surface area contributed by atoms with E-state index in [2.05, 4.69) is 10.3 Å². The molecule has 0 atom stereocenters. The minimum atomic E-state index is -3.82. The number of hydrogen-bond acceptors (Lipinski definition) is 5. The molecule has 2 aromatic carbocycles. The molecule has 0 spiro atoms. The molecule has 27 heavy (non-hydrogen) atoms. The van der Waals surface area contributed by atoms with Gasteiger partial charge in [-0.15, -0.1) is 0 Å². The molecule has 0 saturated carbocycles. The second kappa shape index (κ2) is 6.69. The van der Waals surface area contributed by atoms with E-state index in [4.69, 9.17) is 4.42 Å². The zero-order valence-electron chi connectivity index (χ0n) is 14.0. The molecule has 0 bridgehead atoms. The van der Waals surface area contributed by atoms with Gasteiger partial charge >= 0.3 is 0 Å². The van der Waals surface area contributed by atoms with Gasteiger partial charge in [0.05, 0.1) is 16.1 Å². The molecule has 0 radical (unpaired) electrons. The second-order valence-electron chi connectivity index (χ2n) is 5.77. The minimum Gasteiger partial charge on any atom is -0.439 e. The van der Waals surface area contributed by atoms with Crippen molar-refractivity contribution in [3.63, 3.8) is 0 Å². The number of nitrogens with one attached hydrogen (secondary N) is 1. The highest BCUT2D eigenvalue weighted by Gasteiger charge is 2.23. The second-order valence-corrected chi connectivity index (χ2v) is 7.65. The van der Waals surface area contributed by atoms with Crippen molar-refractivity contribution in [2.24, 2.45) is 0 Å². The van der Waals surface area contributed by atoms with Gasteiger partial charge in [0.2, 0.25) is 14.9 Å². The fourth-order valence-electron chi connectivity index (χ4n) is 2.69. The average molecular weight is 378 g/mol. The summed E-state index contributed by atoms with van der Waals surface area (Å²) in [5, 5.41) is 3.31. The number of amides is 1. The van der Waals surface area contributed by atoms with Gasteiger partial charge in [-0.3, -0.25) is 9.78 Å². The number of hydrogen-bond donors (Lipinski definition) is 1. The average Bonchev–Trinajstić information content (AvgIpc) is 3.20. The van der Waals surface area contributed by atoms with E-state index < -0.39 is 15.7 Å². The molecule has 134 valence electrons. The van der Waals surface area contributed by atoms with E-state index in [1.807, 2.05) is 12.1 Å². The summed E-state index contributed by atoms with van der Waals surface area (Å²) in [5.41, 5.74) is 1.15. The first-order valence-corrected chi connectivity index (χ1v) is 9.59. The lowest BCUT2D eigenvalue weighted by atomic mass is 10.2. The molecule has 7 heteroatoms. The van der Waals surface area contributed by atoms with Crippen LogP contribution in [0.3, 0.4) is 0 Å². The van der Waals surface area contributed by atoms with E-state index >= 15 is 0 Å². The lowest BCUT2D eigenvalue weighted by Crippen LogP contribution is -2.11. The van der Waals surface area contributed by atoms with E-state index in [1.165, 1.54) is 24.3 Å². The Balaban J connectivity index is 1.63. The zero-order chi connectivity index (χ0) is 18.9. The van der Waals surface area contributed by atoms with Gasteiger partial charge in [-0.25, -0.2) is 8.42 Å². The third-order valence-electron chi connectivity index (χ3n) is 4.00. The van der Waals surface area contributed by atoms with Crippen molar-refractivity contribution in [3.05, 3.63) is 84.8 Å². The topological polar surface area (TPSA) is 89.3 Å². The summed E-state index contributed by atoms with van der Waals surface area (Å²) < 4.78 is 30.5. The molecule has 0 aliphatic carbocycles. The molecule has 0 aliphatic rings. The molecule has 2 aromatic heterocycles. The number of anilines is 1. The monoisotopic (exact) mass is 378 g/mol. The van der Waals surface area contributed by atoms with Crippen LogP contribution in [0.5, 0.6) is 0 Å². The number of furan rings is 1. The maximum atomic E-state index is 12.6. The van der Waals surface area contributed by atoms with Crippen LogP contribution in [0.1, 0.15) is 10.6 Å². The predicted octanol–water partition coefficient (Wildman–Crippen LogP) is 3.91. The number of rotatable bonds is 4. The van der Waals surface area contributed by atoms with Gasteiger partial charge in [0.25, 0.3) is 5.91 Å². The van der Waals surface area contributed by atoms with Crippen LogP contribution in [0.25, 0.3) is 10.9 Å². The molecule has 0 saturated heterocycles. The van der Waals surface area contributed by atoms with Gasteiger partial charge in [-0.05, 0) is 36.4 Å². The molecular weight excluding hydrogens is 364 g/mol. The van der Waals surface area contributed by atoms with E-state index in [0.717, 1.165) is 5.39 Å². The number of aromatic nitrogens is 1. The van der Waals surface area contributed by atoms with Crippen molar-refractivity contribution in [1.82, 2.24) is 4.98 Å². The molecule has 1 N–H and O–H groups in total. The van der Waals surface area contributed by atoms with Crippen LogP contribution in [0.2, 0.25) is 0 Å². The largest absolute Gasteiger partial charge is 0.439 e. The number of carbonyl (C=O) groups excluding carboxylic acids is 1. The summed E-state index contributed by atoms with van der Waals surface area (Å²) in [6, 6.07) is 19.6. The van der Waals surface area contributed by atoms with Crippen LogP contribution in [0.4, 0.5) is 5.69 Å². The van der Waals surface area contributed by atoms with Gasteiger partial charge in [-0.1, -0.05) is 36.4 Å². The maximum absolute atomic E-state index is 12.6. The number of fused-ring (bicyclic) bond motifs is 1. The molecule has 0 aliphatic heterocycles. The highest BCUT2D eigenvalue weighted by atomic mass is 32.2. The summed E-state index contributed by atoms with van der Waals surface area (Å²) in [6.07, 6.45) is 1.63. The molecule has 4 aromatic rings. The van der Waals surface area contributed by atoms with Gasteiger partial charge in [0.1, 0.15) is 0 Å². The summed E-state index contributed by atoms with van der Waals surface area (Å²) in [4.78, 5) is 16.9. The minimum absolute atomic E-state index is 0.0996. The fourth-order valence-corrected chi connectivity index (χ4v) is 3.89. The predicted molar refractivity (Wildman–Crippen MR) is 100 cm³/mol. The quantitative estimate of drug-likeness (QED) is 0.581. The normalized spacial score (nSPS) is 11.4. The fraction of sp³-hybridized carbons (Fsp3) is 0. The number of para-hydroxylation sites is 1. The molecule has 1 amide bonds. The van der Waals surface area contributed by atoms with Gasteiger partial charge in [0.15, 0.2) is 5.76 Å². The van der Waals surface area contributed by atoms with Crippen LogP contribution in [-0.2, 0) is 9.84 Å². The number of pyridine rings is 1. The SMILES string of the molecule is O=C(Nc1cccc2cccnc12)c1ccc(S(=O)(=O)c2ccccc2)o1. The van der Waals surface area contributed by atoms with Gasteiger partial charge < -0.3 is 9.73 Å². The van der Waals surface area contributed by atoms with Crippen LogP contribution in [0, 0.1) is 0 Å².